The Morgan fingerprint density at radius 3 is 3.06 bits per heavy atom. The molecule has 1 aliphatic heterocycles. The van der Waals surface area contributed by atoms with Crippen molar-refractivity contribution in [3.8, 4) is 0 Å². The Hall–Kier alpha value is -1.59. The van der Waals surface area contributed by atoms with E-state index in [0.29, 0.717) is 24.5 Å². The number of benzene rings is 1. The van der Waals surface area contributed by atoms with E-state index in [9.17, 15) is 4.79 Å². The van der Waals surface area contributed by atoms with Crippen molar-refractivity contribution >= 4 is 17.3 Å². The number of amides is 1. The van der Waals surface area contributed by atoms with Gasteiger partial charge in [-0.15, -0.1) is 0 Å². The van der Waals surface area contributed by atoms with Gasteiger partial charge in [0.2, 0.25) is 5.91 Å². The molecule has 3 N–H and O–H groups in total. The van der Waals surface area contributed by atoms with Crippen molar-refractivity contribution in [2.75, 3.05) is 37.3 Å². The van der Waals surface area contributed by atoms with Gasteiger partial charge in [-0.3, -0.25) is 9.69 Å². The Bertz CT molecular complexity index is 422. The van der Waals surface area contributed by atoms with Crippen molar-refractivity contribution in [3.63, 3.8) is 0 Å². The summed E-state index contributed by atoms with van der Waals surface area (Å²) in [7, 11) is 0. The van der Waals surface area contributed by atoms with E-state index in [2.05, 4.69) is 10.2 Å². The van der Waals surface area contributed by atoms with Crippen LogP contribution in [0.4, 0.5) is 11.4 Å². The number of nitrogens with zero attached hydrogens (tertiary/aromatic N) is 1. The highest BCUT2D eigenvalue weighted by Crippen LogP contribution is 2.16. The van der Waals surface area contributed by atoms with E-state index in [1.165, 1.54) is 0 Å². The largest absolute Gasteiger partial charge is 0.397 e. The van der Waals surface area contributed by atoms with E-state index in [1.54, 1.807) is 12.1 Å². The van der Waals surface area contributed by atoms with Gasteiger partial charge in [-0.2, -0.15) is 0 Å². The zero-order valence-electron chi connectivity index (χ0n) is 10.6. The molecule has 5 heteroatoms. The molecular weight excluding hydrogens is 230 g/mol. The number of ether oxygens (including phenoxy) is 1. The molecule has 1 unspecified atom stereocenters. The molecule has 0 radical (unpaired) electrons. The summed E-state index contributed by atoms with van der Waals surface area (Å²) < 4.78 is 5.43. The maximum absolute atomic E-state index is 11.9. The molecule has 1 fully saturated rings. The number of rotatable bonds is 3. The van der Waals surface area contributed by atoms with Crippen molar-refractivity contribution in [1.29, 1.82) is 0 Å². The molecule has 1 heterocycles. The zero-order valence-corrected chi connectivity index (χ0v) is 10.6. The molecule has 5 nitrogen and oxygen atoms in total. The molecule has 2 rings (SSSR count). The van der Waals surface area contributed by atoms with Gasteiger partial charge in [-0.05, 0) is 19.1 Å². The number of carbonyl (C=O) groups excluding carboxylic acids is 1. The lowest BCUT2D eigenvalue weighted by Gasteiger charge is -2.30. The molecule has 1 aromatic carbocycles. The van der Waals surface area contributed by atoms with Gasteiger partial charge in [0.25, 0.3) is 0 Å². The number of nitrogens with two attached hydrogens (primary N) is 1. The number of para-hydroxylation sites is 2. The highest BCUT2D eigenvalue weighted by Gasteiger charge is 2.19. The minimum Gasteiger partial charge on any atom is -0.397 e. The predicted molar refractivity (Wildman–Crippen MR) is 71.3 cm³/mol. The van der Waals surface area contributed by atoms with Crippen molar-refractivity contribution in [2.45, 2.75) is 13.0 Å². The third-order valence-corrected chi connectivity index (χ3v) is 2.93. The second kappa shape index (κ2) is 5.84. The van der Waals surface area contributed by atoms with Crippen LogP contribution in [-0.2, 0) is 9.53 Å². The first-order valence-electron chi connectivity index (χ1n) is 6.13. The summed E-state index contributed by atoms with van der Waals surface area (Å²) in [5, 5.41) is 2.83. The van der Waals surface area contributed by atoms with Crippen molar-refractivity contribution in [3.05, 3.63) is 24.3 Å². The molecule has 0 spiro atoms. The second-order valence-corrected chi connectivity index (χ2v) is 4.55. The highest BCUT2D eigenvalue weighted by molar-refractivity contribution is 5.95. The number of nitrogen functional groups attached to an aromatic ring is 1. The number of anilines is 2. The average molecular weight is 249 g/mol. The van der Waals surface area contributed by atoms with Gasteiger partial charge < -0.3 is 15.8 Å². The summed E-state index contributed by atoms with van der Waals surface area (Å²) in [5.41, 5.74) is 7.03. The van der Waals surface area contributed by atoms with E-state index in [1.807, 2.05) is 19.1 Å². The third kappa shape index (κ3) is 3.45. The van der Waals surface area contributed by atoms with Gasteiger partial charge in [-0.25, -0.2) is 0 Å². The monoisotopic (exact) mass is 249 g/mol. The molecule has 98 valence electrons. The van der Waals surface area contributed by atoms with Gasteiger partial charge in [0.15, 0.2) is 0 Å². The fourth-order valence-corrected chi connectivity index (χ4v) is 2.04. The van der Waals surface area contributed by atoms with E-state index >= 15 is 0 Å². The molecule has 1 atom stereocenters. The maximum atomic E-state index is 11.9. The number of morpholine rings is 1. The molecule has 0 bridgehead atoms. The van der Waals surface area contributed by atoms with Gasteiger partial charge in [0, 0.05) is 13.1 Å². The molecule has 1 saturated heterocycles. The quantitative estimate of drug-likeness (QED) is 0.782. The Labute approximate surface area is 107 Å². The summed E-state index contributed by atoms with van der Waals surface area (Å²) in [6, 6.07) is 7.26. The Kier molecular flexibility index (Phi) is 4.17. The van der Waals surface area contributed by atoms with Crippen LogP contribution in [0.3, 0.4) is 0 Å². The van der Waals surface area contributed by atoms with Crippen LogP contribution in [0.2, 0.25) is 0 Å². The summed E-state index contributed by atoms with van der Waals surface area (Å²) in [5.74, 6) is -0.0398. The first kappa shape index (κ1) is 12.9. The van der Waals surface area contributed by atoms with Crippen LogP contribution in [0.25, 0.3) is 0 Å². The van der Waals surface area contributed by atoms with E-state index < -0.39 is 0 Å². The molecule has 0 saturated carbocycles. The Morgan fingerprint density at radius 2 is 2.33 bits per heavy atom. The molecule has 0 aromatic heterocycles. The van der Waals surface area contributed by atoms with Gasteiger partial charge in [0.05, 0.1) is 30.6 Å². The number of hydrogen-bond donors (Lipinski definition) is 2. The topological polar surface area (TPSA) is 67.6 Å². The van der Waals surface area contributed by atoms with E-state index in [4.69, 9.17) is 10.5 Å². The van der Waals surface area contributed by atoms with Crippen LogP contribution < -0.4 is 11.1 Å². The van der Waals surface area contributed by atoms with Gasteiger partial charge >= 0.3 is 0 Å². The van der Waals surface area contributed by atoms with Crippen LogP contribution in [0, 0.1) is 0 Å². The molecule has 1 aromatic rings. The second-order valence-electron chi connectivity index (χ2n) is 4.55. The zero-order chi connectivity index (χ0) is 13.0. The summed E-state index contributed by atoms with van der Waals surface area (Å²) in [6.45, 7) is 4.66. The molecule has 1 aliphatic rings. The first-order chi connectivity index (χ1) is 8.65. The standard InChI is InChI=1S/C13H19N3O2/c1-10-8-16(6-7-18-10)9-13(17)15-12-5-3-2-4-11(12)14/h2-5,10H,6-9,14H2,1H3,(H,15,17). The number of nitrogens with one attached hydrogen (secondary N) is 1. The summed E-state index contributed by atoms with van der Waals surface area (Å²) >= 11 is 0. The van der Waals surface area contributed by atoms with Gasteiger partial charge in [0.1, 0.15) is 0 Å². The highest BCUT2D eigenvalue weighted by atomic mass is 16.5. The Morgan fingerprint density at radius 1 is 1.56 bits per heavy atom. The molecule has 1 amide bonds. The van der Waals surface area contributed by atoms with Crippen LogP contribution in [0.1, 0.15) is 6.92 Å². The van der Waals surface area contributed by atoms with Crippen LogP contribution in [0.5, 0.6) is 0 Å². The normalized spacial score (nSPS) is 20.6. The Balaban J connectivity index is 1.87. The van der Waals surface area contributed by atoms with Crippen molar-refractivity contribution < 1.29 is 9.53 Å². The summed E-state index contributed by atoms with van der Waals surface area (Å²) in [4.78, 5) is 14.0. The fourth-order valence-electron chi connectivity index (χ4n) is 2.04. The lowest BCUT2D eigenvalue weighted by molar-refractivity contribution is -0.119. The van der Waals surface area contributed by atoms with Crippen LogP contribution in [-0.4, -0.2) is 43.2 Å². The van der Waals surface area contributed by atoms with Crippen LogP contribution in [0.15, 0.2) is 24.3 Å². The molecule has 18 heavy (non-hydrogen) atoms. The summed E-state index contributed by atoms with van der Waals surface area (Å²) in [6.07, 6.45) is 0.188. The van der Waals surface area contributed by atoms with E-state index in [0.717, 1.165) is 13.1 Å². The van der Waals surface area contributed by atoms with E-state index in [-0.39, 0.29) is 12.0 Å². The lowest BCUT2D eigenvalue weighted by Crippen LogP contribution is -2.44. The van der Waals surface area contributed by atoms with Crippen molar-refractivity contribution in [1.82, 2.24) is 4.90 Å². The van der Waals surface area contributed by atoms with Crippen molar-refractivity contribution in [2.24, 2.45) is 0 Å². The lowest BCUT2D eigenvalue weighted by atomic mass is 10.2. The minimum absolute atomic E-state index is 0.0398. The smallest absolute Gasteiger partial charge is 0.238 e. The predicted octanol–water partition coefficient (Wildman–Crippen LogP) is 0.928. The maximum Gasteiger partial charge on any atom is 0.238 e. The van der Waals surface area contributed by atoms with Gasteiger partial charge in [-0.1, -0.05) is 12.1 Å². The average Bonchev–Trinajstić information content (AvgIpc) is 2.32. The minimum atomic E-state index is -0.0398. The molecular formula is C13H19N3O2. The third-order valence-electron chi connectivity index (χ3n) is 2.93. The molecule has 0 aliphatic carbocycles. The SMILES string of the molecule is CC1CN(CC(=O)Nc2ccccc2N)CCO1. The first-order valence-corrected chi connectivity index (χ1v) is 6.13. The number of hydrogen-bond acceptors (Lipinski definition) is 4. The fraction of sp³-hybridized carbons (Fsp3) is 0.462. The van der Waals surface area contributed by atoms with Crippen LogP contribution >= 0.6 is 0 Å². The number of carbonyl (C=O) groups is 1.